The summed E-state index contributed by atoms with van der Waals surface area (Å²) in [5.41, 5.74) is 0.822. The van der Waals surface area contributed by atoms with Gasteiger partial charge in [-0.2, -0.15) is 4.09 Å². The van der Waals surface area contributed by atoms with E-state index in [2.05, 4.69) is 28.4 Å². The van der Waals surface area contributed by atoms with Crippen LogP contribution in [0.25, 0.3) is 0 Å². The molecule has 0 aliphatic carbocycles. The summed E-state index contributed by atoms with van der Waals surface area (Å²) in [6.07, 6.45) is 0. The fraction of sp³-hybridized carbons (Fsp3) is 0.625. The molecular weight excluding hydrogens is 200 g/mol. The maximum atomic E-state index is 11.4. The molecule has 1 N–H and O–H groups in total. The average Bonchev–Trinajstić information content (AvgIpc) is 2.44. The molecule has 0 aliphatic heterocycles. The SMILES string of the molecule is CNC(=O)c1nnn(S)c1C(C)(C)C. The van der Waals surface area contributed by atoms with Gasteiger partial charge >= 0.3 is 0 Å². The molecule has 1 rings (SSSR count). The number of nitrogens with zero attached hydrogens (tertiary/aromatic N) is 3. The highest BCUT2D eigenvalue weighted by Gasteiger charge is 2.27. The molecular formula is C8H14N4OS. The van der Waals surface area contributed by atoms with Crippen molar-refractivity contribution in [2.45, 2.75) is 26.2 Å². The van der Waals surface area contributed by atoms with E-state index in [1.54, 1.807) is 7.05 Å². The predicted molar refractivity (Wildman–Crippen MR) is 56.5 cm³/mol. The van der Waals surface area contributed by atoms with E-state index in [0.29, 0.717) is 11.4 Å². The monoisotopic (exact) mass is 214 g/mol. The Bertz CT molecular complexity index is 353. The predicted octanol–water partition coefficient (Wildman–Crippen LogP) is 0.628. The summed E-state index contributed by atoms with van der Waals surface area (Å²) in [6.45, 7) is 5.93. The van der Waals surface area contributed by atoms with Gasteiger partial charge in [0.15, 0.2) is 5.69 Å². The number of carbonyl (C=O) groups excluding carboxylic acids is 1. The minimum absolute atomic E-state index is 0.215. The van der Waals surface area contributed by atoms with E-state index in [9.17, 15) is 4.79 Å². The summed E-state index contributed by atoms with van der Waals surface area (Å²) in [4.78, 5) is 11.4. The van der Waals surface area contributed by atoms with Crippen LogP contribution in [0.15, 0.2) is 0 Å². The molecule has 0 fully saturated rings. The van der Waals surface area contributed by atoms with Crippen LogP contribution in [0, 0.1) is 0 Å². The highest BCUT2D eigenvalue weighted by Crippen LogP contribution is 2.24. The van der Waals surface area contributed by atoms with Crippen LogP contribution < -0.4 is 5.32 Å². The first-order valence-electron chi connectivity index (χ1n) is 4.25. The highest BCUT2D eigenvalue weighted by molar-refractivity contribution is 7.78. The molecule has 1 heterocycles. The molecule has 5 nitrogen and oxygen atoms in total. The maximum absolute atomic E-state index is 11.4. The van der Waals surface area contributed by atoms with Gasteiger partial charge in [-0.25, -0.2) is 0 Å². The lowest BCUT2D eigenvalue weighted by Gasteiger charge is -2.18. The number of carbonyl (C=O) groups is 1. The van der Waals surface area contributed by atoms with Crippen molar-refractivity contribution in [3.05, 3.63) is 11.4 Å². The smallest absolute Gasteiger partial charge is 0.273 e. The second-order valence-electron chi connectivity index (χ2n) is 4.01. The Morgan fingerprint density at radius 1 is 1.50 bits per heavy atom. The zero-order valence-corrected chi connectivity index (χ0v) is 9.59. The molecule has 0 aliphatic rings. The quantitative estimate of drug-likeness (QED) is 0.674. The number of hydrogen-bond donors (Lipinski definition) is 2. The van der Waals surface area contributed by atoms with Crippen LogP contribution in [0.2, 0.25) is 0 Å². The molecule has 0 unspecified atom stereocenters. The third kappa shape index (κ3) is 1.89. The lowest BCUT2D eigenvalue weighted by atomic mass is 9.90. The van der Waals surface area contributed by atoms with Gasteiger partial charge < -0.3 is 5.32 Å². The molecule has 0 radical (unpaired) electrons. The number of thiol groups is 1. The summed E-state index contributed by atoms with van der Waals surface area (Å²) in [5.74, 6) is -0.241. The van der Waals surface area contributed by atoms with Gasteiger partial charge in [0.05, 0.1) is 5.69 Å². The van der Waals surface area contributed by atoms with Gasteiger partial charge in [0, 0.05) is 12.5 Å². The Balaban J connectivity index is 3.27. The minimum atomic E-state index is -0.241. The lowest BCUT2D eigenvalue weighted by molar-refractivity contribution is 0.0956. The molecule has 14 heavy (non-hydrogen) atoms. The molecule has 1 amide bonds. The van der Waals surface area contributed by atoms with Crippen LogP contribution in [0.4, 0.5) is 0 Å². The molecule has 0 atom stereocenters. The maximum Gasteiger partial charge on any atom is 0.273 e. The second-order valence-corrected chi connectivity index (χ2v) is 4.38. The van der Waals surface area contributed by atoms with Crippen molar-refractivity contribution in [2.24, 2.45) is 0 Å². The molecule has 0 saturated carbocycles. The second kappa shape index (κ2) is 3.61. The Morgan fingerprint density at radius 3 is 2.50 bits per heavy atom. The Kier molecular flexibility index (Phi) is 2.84. The van der Waals surface area contributed by atoms with Gasteiger partial charge in [0.2, 0.25) is 0 Å². The number of aromatic nitrogens is 3. The van der Waals surface area contributed by atoms with Crippen LogP contribution in [0.1, 0.15) is 37.0 Å². The molecule has 1 aromatic rings. The fourth-order valence-electron chi connectivity index (χ4n) is 1.20. The number of nitrogens with one attached hydrogen (secondary N) is 1. The fourth-order valence-corrected chi connectivity index (χ4v) is 1.64. The average molecular weight is 214 g/mol. The first-order valence-corrected chi connectivity index (χ1v) is 4.65. The zero-order chi connectivity index (χ0) is 10.9. The molecule has 1 aromatic heterocycles. The van der Waals surface area contributed by atoms with E-state index >= 15 is 0 Å². The van der Waals surface area contributed by atoms with Crippen molar-refractivity contribution in [1.82, 2.24) is 19.7 Å². The van der Waals surface area contributed by atoms with E-state index < -0.39 is 0 Å². The van der Waals surface area contributed by atoms with Crippen LogP contribution in [0.5, 0.6) is 0 Å². The molecule has 0 spiro atoms. The third-order valence-corrected chi connectivity index (χ3v) is 2.09. The number of amides is 1. The van der Waals surface area contributed by atoms with E-state index in [-0.39, 0.29) is 11.3 Å². The van der Waals surface area contributed by atoms with E-state index in [1.807, 2.05) is 20.8 Å². The summed E-state index contributed by atoms with van der Waals surface area (Å²) in [7, 11) is 1.56. The number of rotatable bonds is 1. The third-order valence-electron chi connectivity index (χ3n) is 1.81. The largest absolute Gasteiger partial charge is 0.354 e. The van der Waals surface area contributed by atoms with Gasteiger partial charge in [-0.05, 0) is 12.8 Å². The van der Waals surface area contributed by atoms with Crippen molar-refractivity contribution >= 4 is 18.7 Å². The van der Waals surface area contributed by atoms with E-state index in [4.69, 9.17) is 0 Å². The topological polar surface area (TPSA) is 59.8 Å². The molecule has 0 aromatic carbocycles. The van der Waals surface area contributed by atoms with Gasteiger partial charge in [0.25, 0.3) is 5.91 Å². The van der Waals surface area contributed by atoms with Crippen molar-refractivity contribution in [1.29, 1.82) is 0 Å². The van der Waals surface area contributed by atoms with Crippen LogP contribution in [0.3, 0.4) is 0 Å². The summed E-state index contributed by atoms with van der Waals surface area (Å²) >= 11 is 4.11. The van der Waals surface area contributed by atoms with Gasteiger partial charge in [-0.3, -0.25) is 4.79 Å². The summed E-state index contributed by atoms with van der Waals surface area (Å²) < 4.78 is 1.34. The summed E-state index contributed by atoms with van der Waals surface area (Å²) in [6, 6.07) is 0. The van der Waals surface area contributed by atoms with E-state index in [1.165, 1.54) is 4.09 Å². The van der Waals surface area contributed by atoms with Gasteiger partial charge in [-0.1, -0.05) is 26.0 Å². The van der Waals surface area contributed by atoms with Crippen molar-refractivity contribution < 1.29 is 4.79 Å². The first kappa shape index (κ1) is 11.0. The van der Waals surface area contributed by atoms with Crippen molar-refractivity contribution in [3.63, 3.8) is 0 Å². The van der Waals surface area contributed by atoms with Crippen LogP contribution in [-0.4, -0.2) is 27.4 Å². The standard InChI is InChI=1S/C8H14N4OS/c1-8(2,3)6-5(7(13)9-4)10-11-12(6)14/h14H,1-4H3,(H,9,13). The van der Waals surface area contributed by atoms with Crippen LogP contribution in [-0.2, 0) is 5.41 Å². The van der Waals surface area contributed by atoms with E-state index in [0.717, 1.165) is 0 Å². The van der Waals surface area contributed by atoms with Gasteiger partial charge in [-0.15, -0.1) is 5.10 Å². The normalized spacial score (nSPS) is 11.5. The van der Waals surface area contributed by atoms with Crippen molar-refractivity contribution in [3.8, 4) is 0 Å². The molecule has 0 saturated heterocycles. The highest BCUT2D eigenvalue weighted by atomic mass is 32.1. The van der Waals surface area contributed by atoms with Crippen LogP contribution >= 0.6 is 12.8 Å². The van der Waals surface area contributed by atoms with Crippen molar-refractivity contribution in [2.75, 3.05) is 7.05 Å². The van der Waals surface area contributed by atoms with Gasteiger partial charge in [0.1, 0.15) is 0 Å². The number of hydrogen-bond acceptors (Lipinski definition) is 4. The molecule has 0 bridgehead atoms. The summed E-state index contributed by atoms with van der Waals surface area (Å²) in [5, 5.41) is 10.0. The Labute approximate surface area is 88.4 Å². The molecule has 78 valence electrons. The first-order chi connectivity index (χ1) is 6.38. The minimum Gasteiger partial charge on any atom is -0.354 e. The Hall–Kier alpha value is -1.04. The lowest BCUT2D eigenvalue weighted by Crippen LogP contribution is -2.25. The zero-order valence-electron chi connectivity index (χ0n) is 8.70. The Morgan fingerprint density at radius 2 is 2.07 bits per heavy atom. The molecule has 6 heteroatoms.